The minimum Gasteiger partial charge on any atom is -0.381 e. The van der Waals surface area contributed by atoms with Crippen molar-refractivity contribution in [2.24, 2.45) is 0 Å². The molecule has 0 saturated carbocycles. The zero-order valence-corrected chi connectivity index (χ0v) is 11.1. The average Bonchev–Trinajstić information content (AvgIpc) is 2.14. The molecule has 0 aromatic heterocycles. The molecule has 0 aromatic rings. The summed E-state index contributed by atoms with van der Waals surface area (Å²) < 4.78 is 67.7. The summed E-state index contributed by atoms with van der Waals surface area (Å²) in [7, 11) is -5.60. The lowest BCUT2D eigenvalue weighted by atomic mass is 9.98. The molecule has 1 heterocycles. The normalized spacial score (nSPS) is 29.0. The van der Waals surface area contributed by atoms with E-state index in [4.69, 9.17) is 4.74 Å². The monoisotopic (exact) mass is 288 g/mol. The molecule has 1 aliphatic heterocycles. The first-order chi connectivity index (χ1) is 8.04. The molecule has 0 bridgehead atoms. The van der Waals surface area contributed by atoms with Gasteiger partial charge in [0.05, 0.1) is 12.2 Å². The van der Waals surface area contributed by atoms with Crippen LogP contribution in [-0.2, 0) is 19.0 Å². The predicted octanol–water partition coefficient (Wildman–Crippen LogP) is 2.71. The maximum absolute atomic E-state index is 12.2. The van der Waals surface area contributed by atoms with Gasteiger partial charge in [0.15, 0.2) is 0 Å². The van der Waals surface area contributed by atoms with Gasteiger partial charge in [0.1, 0.15) is 5.76 Å². The Kier molecular flexibility index (Phi) is 4.32. The molecule has 4 nitrogen and oxygen atoms in total. The van der Waals surface area contributed by atoms with Crippen LogP contribution in [0.4, 0.5) is 13.2 Å². The van der Waals surface area contributed by atoms with Gasteiger partial charge in [-0.05, 0) is 39.2 Å². The Morgan fingerprint density at radius 1 is 1.39 bits per heavy atom. The highest BCUT2D eigenvalue weighted by Gasteiger charge is 2.48. The second kappa shape index (κ2) is 5.08. The first-order valence-corrected chi connectivity index (χ1v) is 6.81. The molecule has 8 heteroatoms. The van der Waals surface area contributed by atoms with Crippen molar-refractivity contribution in [1.29, 1.82) is 0 Å². The minimum atomic E-state index is -5.60. The molecule has 1 fully saturated rings. The third kappa shape index (κ3) is 3.38. The van der Waals surface area contributed by atoms with Gasteiger partial charge < -0.3 is 8.92 Å². The van der Waals surface area contributed by atoms with Crippen LogP contribution < -0.4 is 0 Å². The van der Waals surface area contributed by atoms with Gasteiger partial charge in [-0.3, -0.25) is 0 Å². The molecule has 18 heavy (non-hydrogen) atoms. The Bertz CT molecular complexity index is 439. The molecule has 106 valence electrons. The fourth-order valence-corrected chi connectivity index (χ4v) is 2.32. The lowest BCUT2D eigenvalue weighted by Crippen LogP contribution is -2.29. The van der Waals surface area contributed by atoms with Crippen LogP contribution in [0.1, 0.15) is 33.6 Å². The van der Waals surface area contributed by atoms with E-state index in [1.807, 2.05) is 6.92 Å². The number of hydrogen-bond donors (Lipinski definition) is 0. The summed E-state index contributed by atoms with van der Waals surface area (Å²) in [5.41, 5.74) is -4.97. The van der Waals surface area contributed by atoms with Crippen LogP contribution in [0.3, 0.4) is 0 Å². The van der Waals surface area contributed by atoms with Crippen molar-refractivity contribution in [1.82, 2.24) is 0 Å². The quantitative estimate of drug-likeness (QED) is 0.445. The van der Waals surface area contributed by atoms with Gasteiger partial charge in [0.25, 0.3) is 0 Å². The van der Waals surface area contributed by atoms with Crippen molar-refractivity contribution in [3.05, 3.63) is 11.3 Å². The molecule has 1 saturated heterocycles. The predicted molar refractivity (Wildman–Crippen MR) is 58.0 cm³/mol. The molecule has 0 amide bonds. The molecule has 0 unspecified atom stereocenters. The van der Waals surface area contributed by atoms with Crippen LogP contribution >= 0.6 is 0 Å². The molecule has 0 aromatic carbocycles. The maximum atomic E-state index is 12.2. The number of alkyl halides is 3. The van der Waals surface area contributed by atoms with E-state index >= 15 is 0 Å². The Hall–Kier alpha value is -0.760. The number of rotatable bonds is 2. The topological polar surface area (TPSA) is 52.6 Å². The van der Waals surface area contributed by atoms with E-state index < -0.39 is 21.7 Å². The van der Waals surface area contributed by atoms with Gasteiger partial charge in [-0.25, -0.2) is 0 Å². The second-order valence-electron chi connectivity index (χ2n) is 4.19. The molecule has 2 atom stereocenters. The van der Waals surface area contributed by atoms with Gasteiger partial charge in [0.2, 0.25) is 0 Å². The Balaban J connectivity index is 2.91. The van der Waals surface area contributed by atoms with Crippen molar-refractivity contribution < 1.29 is 30.5 Å². The zero-order chi connectivity index (χ0) is 14.1. The number of ether oxygens (including phenoxy) is 1. The van der Waals surface area contributed by atoms with Crippen LogP contribution in [0.15, 0.2) is 11.3 Å². The summed E-state index contributed by atoms with van der Waals surface area (Å²) >= 11 is 0. The molecular weight excluding hydrogens is 273 g/mol. The fourth-order valence-electron chi connectivity index (χ4n) is 1.79. The van der Waals surface area contributed by atoms with E-state index in [2.05, 4.69) is 4.18 Å². The molecule has 0 aliphatic carbocycles. The Morgan fingerprint density at radius 3 is 2.39 bits per heavy atom. The number of hydrogen-bond acceptors (Lipinski definition) is 4. The first-order valence-electron chi connectivity index (χ1n) is 5.40. The molecule has 0 spiro atoms. The number of halogens is 3. The van der Waals surface area contributed by atoms with Crippen molar-refractivity contribution >= 4 is 10.1 Å². The summed E-state index contributed by atoms with van der Waals surface area (Å²) in [6.07, 6.45) is 0.626. The Morgan fingerprint density at radius 2 is 1.94 bits per heavy atom. The zero-order valence-electron chi connectivity index (χ0n) is 10.2. The molecule has 1 aliphatic rings. The average molecular weight is 288 g/mol. The van der Waals surface area contributed by atoms with Crippen molar-refractivity contribution in [3.8, 4) is 0 Å². The van der Waals surface area contributed by atoms with Crippen molar-refractivity contribution in [3.63, 3.8) is 0 Å². The minimum absolute atomic E-state index is 0.00391. The third-order valence-electron chi connectivity index (χ3n) is 2.72. The van der Waals surface area contributed by atoms with Crippen molar-refractivity contribution in [2.75, 3.05) is 0 Å². The van der Waals surface area contributed by atoms with E-state index in [1.165, 1.54) is 6.92 Å². The lowest BCUT2D eigenvalue weighted by Gasteiger charge is -2.29. The standard InChI is InChI=1S/C10H15F3O4S/c1-6-4-5-9(7(2)16-6)8(3)17-18(14,15)10(11,12)13/h6-7H,4-5H2,1-3H3/t6-,7+/m1/s1. The molecular formula is C10H15F3O4S. The largest absolute Gasteiger partial charge is 0.534 e. The second-order valence-corrected chi connectivity index (χ2v) is 5.73. The van der Waals surface area contributed by atoms with Crippen LogP contribution in [0, 0.1) is 0 Å². The molecule has 0 N–H and O–H groups in total. The summed E-state index contributed by atoms with van der Waals surface area (Å²) in [5.74, 6) is -0.258. The van der Waals surface area contributed by atoms with Crippen LogP contribution in [0.25, 0.3) is 0 Å². The van der Waals surface area contributed by atoms with Crippen molar-refractivity contribution in [2.45, 2.75) is 51.3 Å². The summed E-state index contributed by atoms with van der Waals surface area (Å²) in [4.78, 5) is 0. The third-order valence-corrected chi connectivity index (χ3v) is 3.75. The van der Waals surface area contributed by atoms with E-state index in [0.29, 0.717) is 18.4 Å². The summed E-state index contributed by atoms with van der Waals surface area (Å²) in [6, 6.07) is 0. The highest BCUT2D eigenvalue weighted by molar-refractivity contribution is 7.87. The van der Waals surface area contributed by atoms with Gasteiger partial charge in [-0.1, -0.05) is 0 Å². The van der Waals surface area contributed by atoms with E-state index in [9.17, 15) is 21.6 Å². The van der Waals surface area contributed by atoms with Crippen LogP contribution in [0.2, 0.25) is 0 Å². The smallest absolute Gasteiger partial charge is 0.381 e. The van der Waals surface area contributed by atoms with Gasteiger partial charge in [-0.2, -0.15) is 21.6 Å². The highest BCUT2D eigenvalue weighted by atomic mass is 32.2. The van der Waals surface area contributed by atoms with Gasteiger partial charge in [-0.15, -0.1) is 0 Å². The number of allylic oxidation sites excluding steroid dienone is 1. The highest BCUT2D eigenvalue weighted by Crippen LogP contribution is 2.31. The maximum Gasteiger partial charge on any atom is 0.534 e. The SMILES string of the molecule is CC(OS(=O)(=O)C(F)(F)F)=C1CC[C@@H](C)O[C@H]1C. The van der Waals surface area contributed by atoms with Crippen LogP contribution in [-0.4, -0.2) is 26.1 Å². The molecule has 0 radical (unpaired) electrons. The fraction of sp³-hybridized carbons (Fsp3) is 0.800. The summed E-state index contributed by atoms with van der Waals surface area (Å²) in [5, 5.41) is 0. The van der Waals surface area contributed by atoms with E-state index in [1.54, 1.807) is 6.92 Å². The van der Waals surface area contributed by atoms with Gasteiger partial charge in [0, 0.05) is 0 Å². The van der Waals surface area contributed by atoms with Gasteiger partial charge >= 0.3 is 15.6 Å². The lowest BCUT2D eigenvalue weighted by molar-refractivity contribution is -0.0526. The molecule has 1 rings (SSSR count). The van der Waals surface area contributed by atoms with E-state index in [0.717, 1.165) is 0 Å². The summed E-state index contributed by atoms with van der Waals surface area (Å²) in [6.45, 7) is 4.70. The Labute approximate surface area is 104 Å². The first kappa shape index (κ1) is 15.3. The van der Waals surface area contributed by atoms with E-state index in [-0.39, 0.29) is 11.9 Å². The van der Waals surface area contributed by atoms with Crippen LogP contribution in [0.5, 0.6) is 0 Å².